The number of carbonyl (C=O) groups is 2. The molecular formula is C45H93NO4. The van der Waals surface area contributed by atoms with Gasteiger partial charge < -0.3 is 14.8 Å². The zero-order valence-electron chi connectivity index (χ0n) is 35.5. The van der Waals surface area contributed by atoms with Gasteiger partial charge in [-0.25, -0.2) is 0 Å². The minimum atomic E-state index is -0.0533. The van der Waals surface area contributed by atoms with Crippen molar-refractivity contribution in [3.63, 3.8) is 0 Å². The van der Waals surface area contributed by atoms with Gasteiger partial charge in [-0.15, -0.1) is 0 Å². The van der Waals surface area contributed by atoms with Crippen molar-refractivity contribution in [1.29, 1.82) is 0 Å². The molecule has 0 rings (SSSR count). The van der Waals surface area contributed by atoms with Crippen LogP contribution in [0.4, 0.5) is 0 Å². The summed E-state index contributed by atoms with van der Waals surface area (Å²) in [6.07, 6.45) is 37.7. The normalized spacial score (nSPS) is 10.7. The number of unbranched alkanes of at least 4 members (excludes halogenated alkanes) is 21. The van der Waals surface area contributed by atoms with Crippen LogP contribution in [0.1, 0.15) is 254 Å². The van der Waals surface area contributed by atoms with E-state index in [1.165, 1.54) is 148 Å². The van der Waals surface area contributed by atoms with E-state index in [0.29, 0.717) is 19.4 Å². The number of esters is 2. The van der Waals surface area contributed by atoms with Gasteiger partial charge in [-0.2, -0.15) is 0 Å². The first kappa shape index (κ1) is 53.3. The summed E-state index contributed by atoms with van der Waals surface area (Å²) in [5, 5.41) is 3.45. The van der Waals surface area contributed by atoms with Crippen LogP contribution in [-0.4, -0.2) is 37.7 Å². The lowest BCUT2D eigenvalue weighted by molar-refractivity contribution is -0.150. The fraction of sp³-hybridized carbons (Fsp3) is 0.956. The Hall–Kier alpha value is -1.10. The van der Waals surface area contributed by atoms with Crippen molar-refractivity contribution >= 4 is 11.9 Å². The summed E-state index contributed by atoms with van der Waals surface area (Å²) in [4.78, 5) is 24.4. The Bertz CT molecular complexity index is 608. The van der Waals surface area contributed by atoms with Gasteiger partial charge in [0.1, 0.15) is 6.10 Å². The van der Waals surface area contributed by atoms with E-state index in [2.05, 4.69) is 53.8 Å². The molecule has 0 aliphatic rings. The molecule has 0 heterocycles. The van der Waals surface area contributed by atoms with Gasteiger partial charge in [0, 0.05) is 12.8 Å². The maximum Gasteiger partial charge on any atom is 0.306 e. The molecule has 0 fully saturated rings. The Morgan fingerprint density at radius 3 is 1.28 bits per heavy atom. The fourth-order valence-electron chi connectivity index (χ4n) is 5.66. The average Bonchev–Trinajstić information content (AvgIpc) is 3.11. The molecular weight excluding hydrogens is 618 g/mol. The Morgan fingerprint density at radius 2 is 0.800 bits per heavy atom. The molecule has 0 amide bonds. The summed E-state index contributed by atoms with van der Waals surface area (Å²) in [6.45, 7) is 17.8. The first-order chi connectivity index (χ1) is 24.5. The Labute approximate surface area is 315 Å². The molecule has 0 aliphatic carbocycles. The number of rotatable bonds is 36. The second-order valence-electron chi connectivity index (χ2n) is 14.6. The predicted octanol–water partition coefficient (Wildman–Crippen LogP) is 14.6. The lowest BCUT2D eigenvalue weighted by atomic mass is 10.0. The molecule has 0 radical (unpaired) electrons. The van der Waals surface area contributed by atoms with Crippen molar-refractivity contribution < 1.29 is 19.1 Å². The van der Waals surface area contributed by atoms with Gasteiger partial charge in [-0.1, -0.05) is 190 Å². The third-order valence-corrected chi connectivity index (χ3v) is 9.04. The van der Waals surface area contributed by atoms with E-state index in [0.717, 1.165) is 58.0 Å². The lowest BCUT2D eigenvalue weighted by Crippen LogP contribution is -2.18. The van der Waals surface area contributed by atoms with Crippen LogP contribution in [0.2, 0.25) is 0 Å². The van der Waals surface area contributed by atoms with E-state index >= 15 is 0 Å². The van der Waals surface area contributed by atoms with Crippen LogP contribution in [0, 0.1) is 0 Å². The number of nitrogens with one attached hydrogen (secondary N) is 1. The van der Waals surface area contributed by atoms with Crippen molar-refractivity contribution in [3.8, 4) is 0 Å². The molecule has 0 atom stereocenters. The number of hydrogen-bond acceptors (Lipinski definition) is 5. The first-order valence-electron chi connectivity index (χ1n) is 22.5. The van der Waals surface area contributed by atoms with Crippen molar-refractivity contribution in [3.05, 3.63) is 0 Å². The van der Waals surface area contributed by atoms with Gasteiger partial charge in [0.15, 0.2) is 0 Å². The zero-order chi connectivity index (χ0) is 37.6. The third kappa shape index (κ3) is 51.3. The predicted molar refractivity (Wildman–Crippen MR) is 221 cm³/mol. The molecule has 0 saturated heterocycles. The molecule has 302 valence electrons. The number of ether oxygens (including phenoxy) is 2. The standard InChI is InChI=1S/C38H75NO4.C4H10.C3H8/c1-4-7-10-13-16-22-27-35-42-37(40)32-28-34-39-33-26-21-17-20-25-31-38(41)43-36(29-23-18-14-11-8-5-2)30-24-19-15-12-9-6-3;1-3-4-2;1-3-2/h36,39H,4-35H2,1-3H3;3-4H2,1-2H3;3H2,1-2H3. The summed E-state index contributed by atoms with van der Waals surface area (Å²) < 4.78 is 11.3. The number of hydrogen-bond donors (Lipinski definition) is 1. The molecule has 5 nitrogen and oxygen atoms in total. The molecule has 5 heteroatoms. The van der Waals surface area contributed by atoms with Crippen molar-refractivity contribution in [2.24, 2.45) is 0 Å². The zero-order valence-corrected chi connectivity index (χ0v) is 35.5. The van der Waals surface area contributed by atoms with Crippen LogP contribution in [0.25, 0.3) is 0 Å². The van der Waals surface area contributed by atoms with Crippen molar-refractivity contribution in [2.75, 3.05) is 19.7 Å². The van der Waals surface area contributed by atoms with Crippen LogP contribution < -0.4 is 5.32 Å². The Balaban J connectivity index is -0.00000287. The minimum Gasteiger partial charge on any atom is -0.466 e. The number of carbonyl (C=O) groups excluding carboxylic acids is 2. The summed E-state index contributed by atoms with van der Waals surface area (Å²) in [6, 6.07) is 0. The van der Waals surface area contributed by atoms with Gasteiger partial charge in [-0.05, 0) is 64.5 Å². The summed E-state index contributed by atoms with van der Waals surface area (Å²) >= 11 is 0. The molecule has 0 aromatic rings. The van der Waals surface area contributed by atoms with Crippen LogP contribution in [-0.2, 0) is 19.1 Å². The molecule has 0 spiro atoms. The smallest absolute Gasteiger partial charge is 0.306 e. The van der Waals surface area contributed by atoms with Crippen LogP contribution in [0.15, 0.2) is 0 Å². The molecule has 0 unspecified atom stereocenters. The highest BCUT2D eigenvalue weighted by molar-refractivity contribution is 5.69. The van der Waals surface area contributed by atoms with Crippen LogP contribution in [0.5, 0.6) is 0 Å². The Kier molecular flexibility index (Phi) is 53.3. The van der Waals surface area contributed by atoms with Crippen LogP contribution in [0.3, 0.4) is 0 Å². The van der Waals surface area contributed by atoms with E-state index in [4.69, 9.17) is 9.47 Å². The molecule has 0 aromatic carbocycles. The highest BCUT2D eigenvalue weighted by atomic mass is 16.5. The van der Waals surface area contributed by atoms with E-state index < -0.39 is 0 Å². The van der Waals surface area contributed by atoms with Gasteiger partial charge in [-0.3, -0.25) is 9.59 Å². The second-order valence-corrected chi connectivity index (χ2v) is 14.6. The molecule has 0 aliphatic heterocycles. The molecule has 0 aromatic heterocycles. The van der Waals surface area contributed by atoms with E-state index in [-0.39, 0.29) is 18.0 Å². The molecule has 50 heavy (non-hydrogen) atoms. The highest BCUT2D eigenvalue weighted by Crippen LogP contribution is 2.18. The quantitative estimate of drug-likeness (QED) is 0.0518. The summed E-state index contributed by atoms with van der Waals surface area (Å²) in [7, 11) is 0. The van der Waals surface area contributed by atoms with Gasteiger partial charge >= 0.3 is 11.9 Å². The maximum absolute atomic E-state index is 12.6. The SMILES string of the molecule is CCC.CCCC.CCCCCCCCCOC(=O)CCCNCCCCCCCC(=O)OC(CCCCCCCC)CCCCCCCC. The van der Waals surface area contributed by atoms with E-state index in [1.54, 1.807) is 0 Å². The van der Waals surface area contributed by atoms with Crippen molar-refractivity contribution in [2.45, 2.75) is 260 Å². The van der Waals surface area contributed by atoms with Gasteiger partial charge in [0.25, 0.3) is 0 Å². The van der Waals surface area contributed by atoms with Gasteiger partial charge in [0.2, 0.25) is 0 Å². The monoisotopic (exact) mass is 712 g/mol. The Morgan fingerprint density at radius 1 is 0.420 bits per heavy atom. The molecule has 1 N–H and O–H groups in total. The van der Waals surface area contributed by atoms with E-state index in [1.807, 2.05) is 0 Å². The topological polar surface area (TPSA) is 64.6 Å². The lowest BCUT2D eigenvalue weighted by Gasteiger charge is -2.18. The first-order valence-corrected chi connectivity index (χ1v) is 22.5. The fourth-order valence-corrected chi connectivity index (χ4v) is 5.66. The summed E-state index contributed by atoms with van der Waals surface area (Å²) in [5.41, 5.74) is 0. The maximum atomic E-state index is 12.6. The minimum absolute atomic E-state index is 0.0181. The van der Waals surface area contributed by atoms with Gasteiger partial charge in [0.05, 0.1) is 6.61 Å². The molecule has 0 bridgehead atoms. The summed E-state index contributed by atoms with van der Waals surface area (Å²) in [5.74, 6) is -0.0352. The van der Waals surface area contributed by atoms with Crippen molar-refractivity contribution in [1.82, 2.24) is 5.32 Å². The highest BCUT2D eigenvalue weighted by Gasteiger charge is 2.14. The average molecular weight is 712 g/mol. The van der Waals surface area contributed by atoms with Crippen LogP contribution >= 0.6 is 0 Å². The second kappa shape index (κ2) is 50.0. The van der Waals surface area contributed by atoms with E-state index in [9.17, 15) is 9.59 Å². The largest absolute Gasteiger partial charge is 0.466 e. The molecule has 0 saturated carbocycles. The third-order valence-electron chi connectivity index (χ3n) is 9.04.